The minimum atomic E-state index is 1.06. The van der Waals surface area contributed by atoms with E-state index < -0.39 is 0 Å². The van der Waals surface area contributed by atoms with Crippen LogP contribution >= 0.6 is 0 Å². The molecule has 0 aliphatic heterocycles. The van der Waals surface area contributed by atoms with Crippen molar-refractivity contribution in [3.05, 3.63) is 12.4 Å². The smallest absolute Gasteiger partial charge is 0.0723 e. The van der Waals surface area contributed by atoms with Crippen LogP contribution in [0.25, 0.3) is 0 Å². The Labute approximate surface area is 86.3 Å². The van der Waals surface area contributed by atoms with E-state index in [-0.39, 0.29) is 0 Å². The molecule has 0 fully saturated rings. The van der Waals surface area contributed by atoms with Gasteiger partial charge in [0, 0.05) is 12.7 Å². The molecule has 0 saturated carbocycles. The molecule has 1 aromatic heterocycles. The summed E-state index contributed by atoms with van der Waals surface area (Å²) in [5.74, 6) is 0. The lowest BCUT2D eigenvalue weighted by Gasteiger charge is -2.02. The van der Waals surface area contributed by atoms with Gasteiger partial charge in [-0.3, -0.25) is 5.10 Å². The summed E-state index contributed by atoms with van der Waals surface area (Å²) in [5.41, 5.74) is 1.10. The summed E-state index contributed by atoms with van der Waals surface area (Å²) in [4.78, 5) is 0. The number of nitrogens with one attached hydrogen (secondary N) is 2. The van der Waals surface area contributed by atoms with Crippen molar-refractivity contribution < 1.29 is 0 Å². The highest BCUT2D eigenvalue weighted by molar-refractivity contribution is 5.37. The number of hydrogen-bond donors (Lipinski definition) is 2. The van der Waals surface area contributed by atoms with Crippen LogP contribution in [-0.2, 0) is 0 Å². The Morgan fingerprint density at radius 1 is 1.21 bits per heavy atom. The third kappa shape index (κ3) is 4.90. The maximum atomic E-state index is 3.87. The van der Waals surface area contributed by atoms with Gasteiger partial charge in [-0.05, 0) is 6.42 Å². The molecule has 14 heavy (non-hydrogen) atoms. The van der Waals surface area contributed by atoms with Gasteiger partial charge in [0.15, 0.2) is 0 Å². The number of nitrogens with zero attached hydrogens (tertiary/aromatic N) is 1. The Hall–Kier alpha value is -0.990. The van der Waals surface area contributed by atoms with E-state index in [1.807, 2.05) is 12.4 Å². The second-order valence-electron chi connectivity index (χ2n) is 3.68. The molecule has 0 unspecified atom stereocenters. The summed E-state index contributed by atoms with van der Waals surface area (Å²) in [6.45, 7) is 3.31. The van der Waals surface area contributed by atoms with Crippen LogP contribution in [0.3, 0.4) is 0 Å². The van der Waals surface area contributed by atoms with Crippen molar-refractivity contribution in [2.24, 2.45) is 0 Å². The molecule has 0 bridgehead atoms. The largest absolute Gasteiger partial charge is 0.383 e. The zero-order valence-corrected chi connectivity index (χ0v) is 9.05. The normalized spacial score (nSPS) is 10.4. The van der Waals surface area contributed by atoms with Gasteiger partial charge < -0.3 is 5.32 Å². The van der Waals surface area contributed by atoms with Gasteiger partial charge in [-0.15, -0.1) is 0 Å². The molecule has 80 valence electrons. The molecule has 2 N–H and O–H groups in total. The van der Waals surface area contributed by atoms with Crippen LogP contribution in [0.4, 0.5) is 5.69 Å². The number of rotatable bonds is 8. The zero-order chi connectivity index (χ0) is 10.1. The van der Waals surface area contributed by atoms with Crippen molar-refractivity contribution >= 4 is 5.69 Å². The number of hydrogen-bond acceptors (Lipinski definition) is 2. The van der Waals surface area contributed by atoms with Gasteiger partial charge in [0.1, 0.15) is 0 Å². The minimum Gasteiger partial charge on any atom is -0.383 e. The summed E-state index contributed by atoms with van der Waals surface area (Å²) < 4.78 is 0. The van der Waals surface area contributed by atoms with E-state index >= 15 is 0 Å². The van der Waals surface area contributed by atoms with E-state index in [4.69, 9.17) is 0 Å². The summed E-state index contributed by atoms with van der Waals surface area (Å²) in [5, 5.41) is 9.98. The summed E-state index contributed by atoms with van der Waals surface area (Å²) >= 11 is 0. The Kier molecular flexibility index (Phi) is 5.87. The first-order chi connectivity index (χ1) is 6.93. The second-order valence-corrected chi connectivity index (χ2v) is 3.68. The van der Waals surface area contributed by atoms with E-state index in [0.717, 1.165) is 12.2 Å². The van der Waals surface area contributed by atoms with Crippen LogP contribution < -0.4 is 5.32 Å². The van der Waals surface area contributed by atoms with Gasteiger partial charge in [0.2, 0.25) is 0 Å². The fourth-order valence-electron chi connectivity index (χ4n) is 1.49. The highest BCUT2D eigenvalue weighted by Gasteiger charge is 1.92. The van der Waals surface area contributed by atoms with Gasteiger partial charge in [0.25, 0.3) is 0 Å². The van der Waals surface area contributed by atoms with Crippen LogP contribution in [0.5, 0.6) is 0 Å². The van der Waals surface area contributed by atoms with Crippen molar-refractivity contribution in [2.45, 2.75) is 45.4 Å². The molecular formula is C11H21N3. The zero-order valence-electron chi connectivity index (χ0n) is 9.05. The molecule has 0 aliphatic carbocycles. The van der Waals surface area contributed by atoms with E-state index in [1.165, 1.54) is 38.5 Å². The maximum absolute atomic E-state index is 3.87. The molecule has 1 rings (SSSR count). The molecule has 0 aromatic carbocycles. The van der Waals surface area contributed by atoms with Crippen LogP contribution in [0.2, 0.25) is 0 Å². The molecule has 0 amide bonds. The summed E-state index contributed by atoms with van der Waals surface area (Å²) in [6, 6.07) is 0. The highest BCUT2D eigenvalue weighted by atomic mass is 15.1. The molecule has 0 radical (unpaired) electrons. The number of aromatic amines is 1. The van der Waals surface area contributed by atoms with Crippen LogP contribution in [0, 0.1) is 0 Å². The lowest BCUT2D eigenvalue weighted by atomic mass is 10.1. The van der Waals surface area contributed by atoms with Crippen molar-refractivity contribution in [1.82, 2.24) is 10.2 Å². The first kappa shape index (κ1) is 11.1. The SMILES string of the molecule is CCCCCCCCNc1cn[nH]c1. The first-order valence-corrected chi connectivity index (χ1v) is 5.66. The fraction of sp³-hybridized carbons (Fsp3) is 0.727. The number of anilines is 1. The van der Waals surface area contributed by atoms with Gasteiger partial charge >= 0.3 is 0 Å². The molecule has 0 aliphatic rings. The Bertz CT molecular complexity index is 206. The average Bonchev–Trinajstić information content (AvgIpc) is 2.69. The fourth-order valence-corrected chi connectivity index (χ4v) is 1.49. The van der Waals surface area contributed by atoms with Crippen molar-refractivity contribution in [3.63, 3.8) is 0 Å². The quantitative estimate of drug-likeness (QED) is 0.625. The van der Waals surface area contributed by atoms with E-state index in [1.54, 1.807) is 0 Å². The van der Waals surface area contributed by atoms with Crippen molar-refractivity contribution in [3.8, 4) is 0 Å². The number of unbranched alkanes of at least 4 members (excludes halogenated alkanes) is 5. The maximum Gasteiger partial charge on any atom is 0.0723 e. The Morgan fingerprint density at radius 2 is 2.00 bits per heavy atom. The molecule has 3 heteroatoms. The molecular weight excluding hydrogens is 174 g/mol. The third-order valence-electron chi connectivity index (χ3n) is 2.36. The van der Waals surface area contributed by atoms with Crippen LogP contribution in [0.1, 0.15) is 45.4 Å². The Balaban J connectivity index is 1.85. The average molecular weight is 195 g/mol. The summed E-state index contributed by atoms with van der Waals surface area (Å²) in [6.07, 6.45) is 11.8. The lowest BCUT2D eigenvalue weighted by Crippen LogP contribution is -1.99. The van der Waals surface area contributed by atoms with Crippen LogP contribution in [0.15, 0.2) is 12.4 Å². The first-order valence-electron chi connectivity index (χ1n) is 5.66. The lowest BCUT2D eigenvalue weighted by molar-refractivity contribution is 0.617. The van der Waals surface area contributed by atoms with E-state index in [9.17, 15) is 0 Å². The molecule has 0 atom stereocenters. The molecule has 1 heterocycles. The van der Waals surface area contributed by atoms with Crippen molar-refractivity contribution in [1.29, 1.82) is 0 Å². The standard InChI is InChI=1S/C11H21N3/c1-2-3-4-5-6-7-8-12-11-9-13-14-10-11/h9-10,12H,2-8H2,1H3,(H,13,14). The van der Waals surface area contributed by atoms with E-state index in [0.29, 0.717) is 0 Å². The molecule has 3 nitrogen and oxygen atoms in total. The third-order valence-corrected chi connectivity index (χ3v) is 2.36. The molecule has 1 aromatic rings. The van der Waals surface area contributed by atoms with Crippen molar-refractivity contribution in [2.75, 3.05) is 11.9 Å². The minimum absolute atomic E-state index is 1.06. The topological polar surface area (TPSA) is 40.7 Å². The van der Waals surface area contributed by atoms with Gasteiger partial charge in [0.05, 0.1) is 11.9 Å². The highest BCUT2D eigenvalue weighted by Crippen LogP contribution is 2.06. The number of H-pyrrole nitrogens is 1. The number of aromatic nitrogens is 2. The van der Waals surface area contributed by atoms with Gasteiger partial charge in [-0.25, -0.2) is 0 Å². The Morgan fingerprint density at radius 3 is 2.71 bits per heavy atom. The predicted octanol–water partition coefficient (Wildman–Crippen LogP) is 3.18. The van der Waals surface area contributed by atoms with Crippen LogP contribution in [-0.4, -0.2) is 16.7 Å². The van der Waals surface area contributed by atoms with Gasteiger partial charge in [-0.2, -0.15) is 5.10 Å². The summed E-state index contributed by atoms with van der Waals surface area (Å²) in [7, 11) is 0. The molecule has 0 spiro atoms. The van der Waals surface area contributed by atoms with Gasteiger partial charge in [-0.1, -0.05) is 39.0 Å². The second kappa shape index (κ2) is 7.42. The molecule has 0 saturated heterocycles. The monoisotopic (exact) mass is 195 g/mol. The van der Waals surface area contributed by atoms with E-state index in [2.05, 4.69) is 22.4 Å². The predicted molar refractivity (Wildman–Crippen MR) is 60.5 cm³/mol.